The molecule has 2 rings (SSSR count). The van der Waals surface area contributed by atoms with Gasteiger partial charge in [0.05, 0.1) is 0 Å². The van der Waals surface area contributed by atoms with Crippen molar-refractivity contribution in [3.8, 4) is 0 Å². The maximum atomic E-state index is 11.9. The Morgan fingerprint density at radius 3 is 2.44 bits per heavy atom. The van der Waals surface area contributed by atoms with Gasteiger partial charge in [-0.1, -0.05) is 49.6 Å². The number of carbonyl (C=O) groups is 3. The fraction of sp³-hybridized carbons (Fsp3) is 0.565. The second-order valence-electron chi connectivity index (χ2n) is 7.96. The van der Waals surface area contributed by atoms with Crippen LogP contribution in [-0.2, 0) is 25.5 Å². The second-order valence-corrected chi connectivity index (χ2v) is 7.96. The molecule has 0 radical (unpaired) electrons. The SMILES string of the molecule is CN(C(=N)NC(=O)OCCOC(=O)CCCc1ccccc1)C(C(=O)O)C1CCCCC1. The van der Waals surface area contributed by atoms with Gasteiger partial charge in [0, 0.05) is 13.5 Å². The van der Waals surface area contributed by atoms with Crippen LogP contribution in [0.5, 0.6) is 0 Å². The highest BCUT2D eigenvalue weighted by Gasteiger charge is 2.34. The zero-order valence-corrected chi connectivity index (χ0v) is 18.5. The molecule has 176 valence electrons. The molecule has 0 saturated heterocycles. The zero-order valence-electron chi connectivity index (χ0n) is 18.5. The smallest absolute Gasteiger partial charge is 0.414 e. The normalized spacial score (nSPS) is 14.8. The van der Waals surface area contributed by atoms with Crippen LogP contribution in [-0.4, -0.2) is 60.3 Å². The van der Waals surface area contributed by atoms with Gasteiger partial charge in [-0.15, -0.1) is 0 Å². The number of likely N-dealkylation sites (N-methyl/N-ethyl adjacent to an activating group) is 1. The Bertz CT molecular complexity index is 764. The number of carbonyl (C=O) groups excluding carboxylic acids is 2. The molecule has 1 unspecified atom stereocenters. The highest BCUT2D eigenvalue weighted by atomic mass is 16.6. The van der Waals surface area contributed by atoms with Crippen molar-refractivity contribution in [3.05, 3.63) is 35.9 Å². The molecule has 1 fully saturated rings. The predicted molar refractivity (Wildman–Crippen MR) is 118 cm³/mol. The van der Waals surface area contributed by atoms with Crippen molar-refractivity contribution in [3.63, 3.8) is 0 Å². The molecule has 3 N–H and O–H groups in total. The first kappa shape index (κ1) is 25.2. The maximum absolute atomic E-state index is 11.9. The third-order valence-corrected chi connectivity index (χ3v) is 5.61. The average molecular weight is 448 g/mol. The lowest BCUT2D eigenvalue weighted by Crippen LogP contribution is -2.52. The van der Waals surface area contributed by atoms with Gasteiger partial charge in [0.2, 0.25) is 5.96 Å². The van der Waals surface area contributed by atoms with Crippen LogP contribution in [0, 0.1) is 11.3 Å². The van der Waals surface area contributed by atoms with Crippen molar-refractivity contribution in [2.45, 2.75) is 57.4 Å². The molecule has 9 nitrogen and oxygen atoms in total. The van der Waals surface area contributed by atoms with Crippen LogP contribution in [0.25, 0.3) is 0 Å². The summed E-state index contributed by atoms with van der Waals surface area (Å²) in [6.07, 6.45) is 5.43. The van der Waals surface area contributed by atoms with Gasteiger partial charge in [-0.2, -0.15) is 0 Å². The predicted octanol–water partition coefficient (Wildman–Crippen LogP) is 3.18. The second kappa shape index (κ2) is 13.3. The van der Waals surface area contributed by atoms with E-state index in [1.807, 2.05) is 30.3 Å². The van der Waals surface area contributed by atoms with Crippen molar-refractivity contribution in [1.29, 1.82) is 5.41 Å². The monoisotopic (exact) mass is 447 g/mol. The minimum Gasteiger partial charge on any atom is -0.480 e. The molecular weight excluding hydrogens is 414 g/mol. The Morgan fingerprint density at radius 2 is 1.78 bits per heavy atom. The summed E-state index contributed by atoms with van der Waals surface area (Å²) in [5.41, 5.74) is 1.15. The molecule has 0 aliphatic heterocycles. The fourth-order valence-electron chi connectivity index (χ4n) is 3.94. The lowest BCUT2D eigenvalue weighted by molar-refractivity contribution is -0.145. The van der Waals surface area contributed by atoms with E-state index in [0.717, 1.165) is 44.1 Å². The summed E-state index contributed by atoms with van der Waals surface area (Å²) in [6.45, 7) is -0.237. The van der Waals surface area contributed by atoms with Gasteiger partial charge in [0.1, 0.15) is 19.3 Å². The topological polar surface area (TPSA) is 129 Å². The molecule has 1 amide bonds. The molecule has 0 aromatic heterocycles. The van der Waals surface area contributed by atoms with Crippen molar-refractivity contribution in [2.24, 2.45) is 5.92 Å². The van der Waals surface area contributed by atoms with Crippen LogP contribution in [0.4, 0.5) is 4.79 Å². The van der Waals surface area contributed by atoms with Crippen molar-refractivity contribution < 1.29 is 29.0 Å². The highest BCUT2D eigenvalue weighted by molar-refractivity contribution is 5.94. The molecule has 1 aromatic carbocycles. The third-order valence-electron chi connectivity index (χ3n) is 5.61. The van der Waals surface area contributed by atoms with E-state index in [9.17, 15) is 19.5 Å². The molecule has 0 spiro atoms. The summed E-state index contributed by atoms with van der Waals surface area (Å²) in [5.74, 6) is -1.79. The van der Waals surface area contributed by atoms with Crippen LogP contribution in [0.15, 0.2) is 30.3 Å². The van der Waals surface area contributed by atoms with Gasteiger partial charge in [-0.3, -0.25) is 15.5 Å². The van der Waals surface area contributed by atoms with Gasteiger partial charge in [-0.05, 0) is 37.2 Å². The van der Waals surface area contributed by atoms with Gasteiger partial charge >= 0.3 is 18.0 Å². The lowest BCUT2D eigenvalue weighted by Gasteiger charge is -2.34. The Hall–Kier alpha value is -3.10. The summed E-state index contributed by atoms with van der Waals surface area (Å²) >= 11 is 0. The molecule has 1 aromatic rings. The Kier molecular flexibility index (Phi) is 10.5. The van der Waals surface area contributed by atoms with Crippen LogP contribution in [0.1, 0.15) is 50.5 Å². The molecule has 1 saturated carbocycles. The summed E-state index contributed by atoms with van der Waals surface area (Å²) in [5, 5.41) is 19.9. The number of aliphatic carboxylic acids is 1. The lowest BCUT2D eigenvalue weighted by atomic mass is 9.83. The van der Waals surface area contributed by atoms with Crippen molar-refractivity contribution in [2.75, 3.05) is 20.3 Å². The summed E-state index contributed by atoms with van der Waals surface area (Å²) in [4.78, 5) is 36.7. The average Bonchev–Trinajstić information content (AvgIpc) is 2.78. The number of nitrogens with zero attached hydrogens (tertiary/aromatic N) is 1. The van der Waals surface area contributed by atoms with Crippen LogP contribution in [0.3, 0.4) is 0 Å². The van der Waals surface area contributed by atoms with Gasteiger partial charge in [0.15, 0.2) is 0 Å². The first-order valence-corrected chi connectivity index (χ1v) is 11.1. The van der Waals surface area contributed by atoms with Crippen molar-refractivity contribution >= 4 is 24.0 Å². The maximum Gasteiger partial charge on any atom is 0.414 e. The highest BCUT2D eigenvalue weighted by Crippen LogP contribution is 2.28. The summed E-state index contributed by atoms with van der Waals surface area (Å²) in [7, 11) is 1.48. The molecule has 0 heterocycles. The molecule has 1 aliphatic rings. The van der Waals surface area contributed by atoms with E-state index in [2.05, 4.69) is 5.32 Å². The van der Waals surface area contributed by atoms with E-state index in [1.165, 1.54) is 11.9 Å². The van der Waals surface area contributed by atoms with Crippen molar-refractivity contribution in [1.82, 2.24) is 10.2 Å². The molecule has 1 atom stereocenters. The van der Waals surface area contributed by atoms with E-state index in [1.54, 1.807) is 0 Å². The number of amides is 1. The molecular formula is C23H33N3O6. The number of hydrogen-bond acceptors (Lipinski definition) is 6. The van der Waals surface area contributed by atoms with Crippen LogP contribution in [0.2, 0.25) is 0 Å². The largest absolute Gasteiger partial charge is 0.480 e. The minimum atomic E-state index is -1.02. The standard InChI is InChI=1S/C23H33N3O6/c1-26(20(21(28)29)18-12-6-3-7-13-18)22(24)25-23(30)32-16-15-31-19(27)14-8-11-17-9-4-2-5-10-17/h2,4-5,9-10,18,20H,3,6-8,11-16H2,1H3,(H,28,29)(H2,24,25,30). The molecule has 32 heavy (non-hydrogen) atoms. The summed E-state index contributed by atoms with van der Waals surface area (Å²) < 4.78 is 9.98. The first-order chi connectivity index (χ1) is 15.4. The number of hydrogen-bond donors (Lipinski definition) is 3. The Labute approximate surface area is 188 Å². The van der Waals surface area contributed by atoms with Gasteiger partial charge in [0.25, 0.3) is 0 Å². The van der Waals surface area contributed by atoms with E-state index in [0.29, 0.717) is 6.42 Å². The zero-order chi connectivity index (χ0) is 23.3. The Morgan fingerprint density at radius 1 is 1.12 bits per heavy atom. The number of alkyl carbamates (subject to hydrolysis) is 1. The number of esters is 1. The third kappa shape index (κ3) is 8.56. The van der Waals surface area contributed by atoms with E-state index in [-0.39, 0.29) is 37.5 Å². The summed E-state index contributed by atoms with van der Waals surface area (Å²) in [6, 6.07) is 8.96. The minimum absolute atomic E-state index is 0.0641. The first-order valence-electron chi connectivity index (χ1n) is 11.1. The number of ether oxygens (including phenoxy) is 2. The van der Waals surface area contributed by atoms with Crippen LogP contribution >= 0.6 is 0 Å². The number of carboxylic acid groups (broad SMARTS) is 1. The van der Waals surface area contributed by atoms with Gasteiger partial charge < -0.3 is 19.5 Å². The number of carboxylic acids is 1. The fourth-order valence-corrected chi connectivity index (χ4v) is 3.94. The van der Waals surface area contributed by atoms with E-state index >= 15 is 0 Å². The number of aryl methyl sites for hydroxylation is 1. The van der Waals surface area contributed by atoms with E-state index < -0.39 is 18.1 Å². The quantitative estimate of drug-likeness (QED) is 0.217. The number of nitrogens with one attached hydrogen (secondary N) is 2. The van der Waals surface area contributed by atoms with Crippen LogP contribution < -0.4 is 5.32 Å². The molecule has 0 bridgehead atoms. The van der Waals surface area contributed by atoms with E-state index in [4.69, 9.17) is 14.9 Å². The number of benzene rings is 1. The van der Waals surface area contributed by atoms with Gasteiger partial charge in [-0.25, -0.2) is 9.59 Å². The number of guanidine groups is 1. The molecule has 1 aliphatic carbocycles. The number of rotatable bonds is 10. The molecule has 9 heteroatoms. The Balaban J connectivity index is 1.63.